The summed E-state index contributed by atoms with van der Waals surface area (Å²) >= 11 is 0. The molecule has 0 heterocycles. The van der Waals surface area contributed by atoms with Crippen LogP contribution in [0.25, 0.3) is 0 Å². The van der Waals surface area contributed by atoms with E-state index in [1.54, 1.807) is 18.2 Å². The summed E-state index contributed by atoms with van der Waals surface area (Å²) in [5.41, 5.74) is 0.493. The first-order valence-corrected chi connectivity index (χ1v) is 8.21. The first kappa shape index (κ1) is 21.1. The number of amides is 4. The fraction of sp³-hybridized carbons (Fsp3) is 0.444. The fourth-order valence-corrected chi connectivity index (χ4v) is 2.16. The number of hydrogen-bond donors (Lipinski definition) is 4. The third-order valence-corrected chi connectivity index (χ3v) is 3.85. The Kier molecular flexibility index (Phi) is 6.88. The molecule has 0 bridgehead atoms. The average Bonchev–Trinajstić information content (AvgIpc) is 2.55. The van der Waals surface area contributed by atoms with Crippen LogP contribution >= 0.6 is 0 Å². The Morgan fingerprint density at radius 3 is 2.15 bits per heavy atom. The maximum absolute atomic E-state index is 12.4. The summed E-state index contributed by atoms with van der Waals surface area (Å²) in [4.78, 5) is 47.8. The molecule has 0 spiro atoms. The number of hydrogen-bond acceptors (Lipinski definition) is 4. The first-order valence-electron chi connectivity index (χ1n) is 8.21. The third-order valence-electron chi connectivity index (χ3n) is 3.85. The average molecular weight is 362 g/mol. The normalized spacial score (nSPS) is 11.9. The van der Waals surface area contributed by atoms with Gasteiger partial charge in [-0.15, -0.1) is 0 Å². The number of carbonyl (C=O) groups is 4. The van der Waals surface area contributed by atoms with Crippen LogP contribution in [0.15, 0.2) is 18.2 Å². The molecule has 4 amide bonds. The molecule has 1 atom stereocenters. The molecule has 0 aromatic heterocycles. The summed E-state index contributed by atoms with van der Waals surface area (Å²) in [6.07, 6.45) is 0. The van der Waals surface area contributed by atoms with Gasteiger partial charge in [-0.1, -0.05) is 6.07 Å². The van der Waals surface area contributed by atoms with Gasteiger partial charge < -0.3 is 21.3 Å². The van der Waals surface area contributed by atoms with E-state index in [2.05, 4.69) is 21.3 Å². The molecule has 1 rings (SSSR count). The van der Waals surface area contributed by atoms with Gasteiger partial charge in [0.2, 0.25) is 23.6 Å². The lowest BCUT2D eigenvalue weighted by Gasteiger charge is -2.24. The summed E-state index contributed by atoms with van der Waals surface area (Å²) in [7, 11) is 1.44. The van der Waals surface area contributed by atoms with Crippen molar-refractivity contribution >= 4 is 35.0 Å². The monoisotopic (exact) mass is 362 g/mol. The molecule has 0 aliphatic carbocycles. The lowest BCUT2D eigenvalue weighted by Crippen LogP contribution is -2.51. The molecule has 4 N–H and O–H groups in total. The predicted molar refractivity (Wildman–Crippen MR) is 99.6 cm³/mol. The van der Waals surface area contributed by atoms with Crippen molar-refractivity contribution in [2.24, 2.45) is 5.41 Å². The van der Waals surface area contributed by atoms with E-state index in [1.165, 1.54) is 34.7 Å². The van der Waals surface area contributed by atoms with E-state index in [0.717, 1.165) is 5.56 Å². The zero-order valence-corrected chi connectivity index (χ0v) is 15.9. The predicted octanol–water partition coefficient (Wildman–Crippen LogP) is 1.17. The molecular formula is C18H26N4O4. The molecule has 0 saturated carbocycles. The molecule has 1 aromatic rings. The number of carbonyl (C=O) groups excluding carboxylic acids is 4. The number of nitrogens with one attached hydrogen (secondary N) is 4. The van der Waals surface area contributed by atoms with E-state index in [4.69, 9.17) is 0 Å². The minimum atomic E-state index is -1.31. The molecule has 8 nitrogen and oxygen atoms in total. The Labute approximate surface area is 153 Å². The van der Waals surface area contributed by atoms with Crippen LogP contribution in [-0.2, 0) is 19.2 Å². The van der Waals surface area contributed by atoms with Gasteiger partial charge in [0.1, 0.15) is 11.5 Å². The molecule has 0 fully saturated rings. The Balaban J connectivity index is 2.87. The number of anilines is 2. The lowest BCUT2D eigenvalue weighted by atomic mass is 9.91. The molecule has 142 valence electrons. The molecule has 8 heteroatoms. The quantitative estimate of drug-likeness (QED) is 0.568. The Bertz CT molecular complexity index is 728. The van der Waals surface area contributed by atoms with Gasteiger partial charge in [-0.25, -0.2) is 0 Å². The topological polar surface area (TPSA) is 116 Å². The van der Waals surface area contributed by atoms with Gasteiger partial charge in [-0.2, -0.15) is 0 Å². The molecule has 1 aromatic carbocycles. The van der Waals surface area contributed by atoms with Crippen molar-refractivity contribution in [3.8, 4) is 0 Å². The second-order valence-electron chi connectivity index (χ2n) is 6.62. The Morgan fingerprint density at radius 1 is 1.00 bits per heavy atom. The summed E-state index contributed by atoms with van der Waals surface area (Å²) in [6.45, 7) is 7.69. The van der Waals surface area contributed by atoms with Crippen LogP contribution in [0.3, 0.4) is 0 Å². The van der Waals surface area contributed by atoms with Gasteiger partial charge in [0.25, 0.3) is 0 Å². The van der Waals surface area contributed by atoms with Crippen molar-refractivity contribution < 1.29 is 19.2 Å². The van der Waals surface area contributed by atoms with E-state index in [0.29, 0.717) is 11.4 Å². The van der Waals surface area contributed by atoms with E-state index in [9.17, 15) is 19.2 Å². The van der Waals surface area contributed by atoms with Crippen LogP contribution in [-0.4, -0.2) is 36.7 Å². The SMILES string of the molecule is CNC(=O)C(C)(C)C(=O)NC(C)C(=O)Nc1ccc(C)cc1NC(C)=O. The van der Waals surface area contributed by atoms with Crippen molar-refractivity contribution in [2.45, 2.75) is 40.7 Å². The van der Waals surface area contributed by atoms with Crippen LogP contribution in [0, 0.1) is 12.3 Å². The standard InChI is InChI=1S/C18H26N4O4/c1-10-7-8-13(14(9-10)21-12(3)23)22-15(24)11(2)20-17(26)18(4,5)16(25)19-6/h7-9,11H,1-6H3,(H,19,25)(H,20,26)(H,21,23)(H,22,24). The smallest absolute Gasteiger partial charge is 0.246 e. The van der Waals surface area contributed by atoms with Crippen molar-refractivity contribution in [3.63, 3.8) is 0 Å². The van der Waals surface area contributed by atoms with Crippen LogP contribution in [0.2, 0.25) is 0 Å². The van der Waals surface area contributed by atoms with Crippen LogP contribution < -0.4 is 21.3 Å². The summed E-state index contributed by atoms with van der Waals surface area (Å²) in [6, 6.07) is 4.31. The highest BCUT2D eigenvalue weighted by Crippen LogP contribution is 2.23. The molecule has 1 unspecified atom stereocenters. The van der Waals surface area contributed by atoms with E-state index >= 15 is 0 Å². The second kappa shape index (κ2) is 8.46. The first-order chi connectivity index (χ1) is 12.0. The third kappa shape index (κ3) is 5.30. The van der Waals surface area contributed by atoms with Crippen molar-refractivity contribution in [1.82, 2.24) is 10.6 Å². The molecular weight excluding hydrogens is 336 g/mol. The van der Waals surface area contributed by atoms with Crippen molar-refractivity contribution in [1.29, 1.82) is 0 Å². The minimum absolute atomic E-state index is 0.264. The minimum Gasteiger partial charge on any atom is -0.358 e. The zero-order chi connectivity index (χ0) is 20.1. The van der Waals surface area contributed by atoms with Crippen LogP contribution in [0.4, 0.5) is 11.4 Å². The van der Waals surface area contributed by atoms with Gasteiger partial charge >= 0.3 is 0 Å². The zero-order valence-electron chi connectivity index (χ0n) is 15.9. The molecule has 0 aliphatic rings. The molecule has 0 aliphatic heterocycles. The van der Waals surface area contributed by atoms with Gasteiger partial charge in [-0.05, 0) is 45.4 Å². The Morgan fingerprint density at radius 2 is 1.62 bits per heavy atom. The highest BCUT2D eigenvalue weighted by atomic mass is 16.2. The van der Waals surface area contributed by atoms with Gasteiger partial charge in [0.15, 0.2) is 0 Å². The Hall–Kier alpha value is -2.90. The number of benzene rings is 1. The second-order valence-corrected chi connectivity index (χ2v) is 6.62. The van der Waals surface area contributed by atoms with Crippen LogP contribution in [0.5, 0.6) is 0 Å². The summed E-state index contributed by atoms with van der Waals surface area (Å²) < 4.78 is 0. The maximum atomic E-state index is 12.4. The van der Waals surface area contributed by atoms with Crippen LogP contribution in [0.1, 0.15) is 33.3 Å². The fourth-order valence-electron chi connectivity index (χ4n) is 2.16. The largest absolute Gasteiger partial charge is 0.358 e. The highest BCUT2D eigenvalue weighted by Gasteiger charge is 2.36. The van der Waals surface area contributed by atoms with E-state index < -0.39 is 29.2 Å². The lowest BCUT2D eigenvalue weighted by molar-refractivity contribution is -0.142. The molecule has 0 radical (unpaired) electrons. The highest BCUT2D eigenvalue weighted by molar-refractivity contribution is 6.07. The maximum Gasteiger partial charge on any atom is 0.246 e. The summed E-state index contributed by atoms with van der Waals surface area (Å²) in [5.74, 6) is -1.75. The van der Waals surface area contributed by atoms with Gasteiger partial charge in [0, 0.05) is 14.0 Å². The van der Waals surface area contributed by atoms with E-state index in [-0.39, 0.29) is 5.91 Å². The number of aryl methyl sites for hydroxylation is 1. The number of rotatable bonds is 6. The molecule has 0 saturated heterocycles. The van der Waals surface area contributed by atoms with E-state index in [1.807, 2.05) is 6.92 Å². The van der Waals surface area contributed by atoms with Gasteiger partial charge in [-0.3, -0.25) is 19.2 Å². The summed E-state index contributed by atoms with van der Waals surface area (Å²) in [5, 5.41) is 10.3. The van der Waals surface area contributed by atoms with Gasteiger partial charge in [0.05, 0.1) is 11.4 Å². The molecule has 26 heavy (non-hydrogen) atoms. The van der Waals surface area contributed by atoms with Crippen molar-refractivity contribution in [2.75, 3.05) is 17.7 Å². The van der Waals surface area contributed by atoms with Crippen molar-refractivity contribution in [3.05, 3.63) is 23.8 Å².